The molecule has 0 N–H and O–H groups in total. The van der Waals surface area contributed by atoms with E-state index in [9.17, 15) is 0 Å². The maximum absolute atomic E-state index is 3.53. The predicted octanol–water partition coefficient (Wildman–Crippen LogP) is 3.55. The second-order valence-corrected chi connectivity index (χ2v) is 4.32. The van der Waals surface area contributed by atoms with E-state index in [1.807, 2.05) is 16.1 Å². The zero-order valence-electron chi connectivity index (χ0n) is 6.30. The van der Waals surface area contributed by atoms with Gasteiger partial charge < -0.3 is 3.93 Å². The molecule has 0 bridgehead atoms. The second-order valence-electron chi connectivity index (χ2n) is 2.61. The molecule has 2 rings (SSSR count). The summed E-state index contributed by atoms with van der Waals surface area (Å²) >= 11 is 7.01. The van der Waals surface area contributed by atoms with Gasteiger partial charge in [0.25, 0.3) is 0 Å². The summed E-state index contributed by atoms with van der Waals surface area (Å²) in [5.41, 5.74) is 2.45. The van der Waals surface area contributed by atoms with Gasteiger partial charge in [-0.1, -0.05) is 34.1 Å². The van der Waals surface area contributed by atoms with Crippen molar-refractivity contribution in [3.05, 3.63) is 35.9 Å². The lowest BCUT2D eigenvalue weighted by atomic mass is 10.1. The highest BCUT2D eigenvalue weighted by Crippen LogP contribution is 2.35. The lowest BCUT2D eigenvalue weighted by Crippen LogP contribution is -2.14. The fraction of sp³-hybridized carbons (Fsp3) is 0.111. The number of benzene rings is 1. The van der Waals surface area contributed by atoms with Gasteiger partial charge in [0.05, 0.1) is 5.69 Å². The van der Waals surface area contributed by atoms with Crippen LogP contribution in [0.3, 0.4) is 0 Å². The monoisotopic (exact) mass is 287 g/mol. The Morgan fingerprint density at radius 2 is 2.00 bits per heavy atom. The molecule has 0 aliphatic carbocycles. The molecule has 12 heavy (non-hydrogen) atoms. The van der Waals surface area contributed by atoms with E-state index in [-0.39, 0.29) is 0 Å². The molecule has 3 heteroatoms. The van der Waals surface area contributed by atoms with Crippen molar-refractivity contribution < 1.29 is 0 Å². The van der Waals surface area contributed by atoms with Gasteiger partial charge in [0.2, 0.25) is 0 Å². The van der Waals surface area contributed by atoms with Crippen molar-refractivity contribution >= 4 is 42.2 Å². The fourth-order valence-electron chi connectivity index (χ4n) is 1.26. The molecule has 1 aliphatic rings. The second kappa shape index (κ2) is 3.23. The Labute approximate surface area is 88.5 Å². The summed E-state index contributed by atoms with van der Waals surface area (Å²) in [6, 6.07) is 8.28. The Bertz CT molecular complexity index is 333. The smallest absolute Gasteiger partial charge is 0.0558 e. The van der Waals surface area contributed by atoms with Crippen LogP contribution in [-0.2, 0) is 0 Å². The number of hydrogen-bond acceptors (Lipinski definition) is 1. The van der Waals surface area contributed by atoms with E-state index in [0.29, 0.717) is 0 Å². The van der Waals surface area contributed by atoms with Crippen molar-refractivity contribution in [2.45, 2.75) is 0 Å². The molecular formula is C9H7Br2N. The van der Waals surface area contributed by atoms with Crippen LogP contribution in [0.1, 0.15) is 5.56 Å². The molecule has 1 nitrogen and oxygen atoms in total. The average Bonchev–Trinajstić information content (AvgIpc) is 2.12. The quantitative estimate of drug-likeness (QED) is 0.660. The van der Waals surface area contributed by atoms with Gasteiger partial charge in [-0.25, -0.2) is 0 Å². The van der Waals surface area contributed by atoms with E-state index in [1.54, 1.807) is 0 Å². The Morgan fingerprint density at radius 3 is 2.75 bits per heavy atom. The number of para-hydroxylation sites is 1. The lowest BCUT2D eigenvalue weighted by molar-refractivity contribution is 1.21. The van der Waals surface area contributed by atoms with Crippen LogP contribution in [0.2, 0.25) is 0 Å². The van der Waals surface area contributed by atoms with E-state index in [0.717, 1.165) is 6.54 Å². The Kier molecular flexibility index (Phi) is 2.24. The number of halogens is 2. The van der Waals surface area contributed by atoms with E-state index in [4.69, 9.17) is 0 Å². The van der Waals surface area contributed by atoms with E-state index in [1.165, 1.54) is 15.7 Å². The van der Waals surface area contributed by atoms with Crippen LogP contribution >= 0.6 is 32.1 Å². The van der Waals surface area contributed by atoms with Gasteiger partial charge in [0, 0.05) is 32.7 Å². The van der Waals surface area contributed by atoms with E-state index >= 15 is 0 Å². The first kappa shape index (κ1) is 8.32. The molecular weight excluding hydrogens is 282 g/mol. The van der Waals surface area contributed by atoms with Crippen molar-refractivity contribution in [1.29, 1.82) is 0 Å². The van der Waals surface area contributed by atoms with Crippen LogP contribution in [0.5, 0.6) is 0 Å². The minimum Gasteiger partial charge on any atom is -0.304 e. The molecule has 1 aromatic rings. The van der Waals surface area contributed by atoms with Gasteiger partial charge in [-0.3, -0.25) is 0 Å². The van der Waals surface area contributed by atoms with Crippen molar-refractivity contribution in [3.63, 3.8) is 0 Å². The third-order valence-electron chi connectivity index (χ3n) is 1.85. The molecule has 1 aromatic carbocycles. The van der Waals surface area contributed by atoms with Crippen LogP contribution in [0.4, 0.5) is 5.69 Å². The molecule has 1 aliphatic heterocycles. The number of hydrogen-bond donors (Lipinski definition) is 0. The molecule has 0 atom stereocenters. The number of rotatable bonds is 0. The minimum absolute atomic E-state index is 0.900. The van der Waals surface area contributed by atoms with Gasteiger partial charge in [-0.15, -0.1) is 0 Å². The Morgan fingerprint density at radius 1 is 1.25 bits per heavy atom. The van der Waals surface area contributed by atoms with Crippen LogP contribution in [-0.4, -0.2) is 6.54 Å². The SMILES string of the molecule is BrC1=CCN(Br)c2ccccc21. The summed E-state index contributed by atoms with van der Waals surface area (Å²) < 4.78 is 3.22. The normalized spacial score (nSPS) is 15.5. The zero-order valence-corrected chi connectivity index (χ0v) is 9.47. The fourth-order valence-corrected chi connectivity index (χ4v) is 2.19. The van der Waals surface area contributed by atoms with Gasteiger partial charge in [0.15, 0.2) is 0 Å². The van der Waals surface area contributed by atoms with Crippen LogP contribution in [0, 0.1) is 0 Å². The molecule has 0 aromatic heterocycles. The summed E-state index contributed by atoms with van der Waals surface area (Å²) in [6.45, 7) is 0.900. The minimum atomic E-state index is 0.900. The first-order chi connectivity index (χ1) is 5.79. The maximum atomic E-state index is 3.53. The molecule has 62 valence electrons. The Balaban J connectivity index is 2.58. The number of anilines is 1. The van der Waals surface area contributed by atoms with Crippen LogP contribution < -0.4 is 3.93 Å². The summed E-state index contributed by atoms with van der Waals surface area (Å²) in [6.07, 6.45) is 2.14. The largest absolute Gasteiger partial charge is 0.304 e. The molecule has 0 saturated heterocycles. The molecule has 0 spiro atoms. The molecule has 0 radical (unpaired) electrons. The highest BCUT2D eigenvalue weighted by molar-refractivity contribution is 9.15. The summed E-state index contributed by atoms with van der Waals surface area (Å²) in [5, 5.41) is 0. The van der Waals surface area contributed by atoms with E-state index in [2.05, 4.69) is 50.3 Å². The van der Waals surface area contributed by atoms with Gasteiger partial charge >= 0.3 is 0 Å². The third-order valence-corrected chi connectivity index (χ3v) is 3.28. The zero-order chi connectivity index (χ0) is 8.55. The van der Waals surface area contributed by atoms with Gasteiger partial charge in [-0.2, -0.15) is 0 Å². The highest BCUT2D eigenvalue weighted by atomic mass is 79.9. The maximum Gasteiger partial charge on any atom is 0.0558 e. The third kappa shape index (κ3) is 1.31. The first-order valence-electron chi connectivity index (χ1n) is 3.67. The van der Waals surface area contributed by atoms with Crippen LogP contribution in [0.15, 0.2) is 30.3 Å². The van der Waals surface area contributed by atoms with Gasteiger partial charge in [-0.05, 0) is 12.1 Å². The lowest BCUT2D eigenvalue weighted by Gasteiger charge is -2.22. The van der Waals surface area contributed by atoms with Crippen LogP contribution in [0.25, 0.3) is 4.48 Å². The number of fused-ring (bicyclic) bond motifs is 1. The van der Waals surface area contributed by atoms with E-state index < -0.39 is 0 Å². The van der Waals surface area contributed by atoms with Crippen molar-refractivity contribution in [2.75, 3.05) is 10.5 Å². The standard InChI is InChI=1S/C9H7Br2N/c10-8-5-6-12(11)9-4-2-1-3-7(8)9/h1-5H,6H2. The first-order valence-corrected chi connectivity index (χ1v) is 5.17. The molecule has 0 unspecified atom stereocenters. The molecule has 0 saturated carbocycles. The molecule has 0 fully saturated rings. The summed E-state index contributed by atoms with van der Waals surface area (Å²) in [5.74, 6) is 0. The van der Waals surface area contributed by atoms with Crippen molar-refractivity contribution in [3.8, 4) is 0 Å². The average molecular weight is 289 g/mol. The Hall–Kier alpha value is -0.280. The summed E-state index contributed by atoms with van der Waals surface area (Å²) in [7, 11) is 0. The predicted molar refractivity (Wildman–Crippen MR) is 59.6 cm³/mol. The topological polar surface area (TPSA) is 3.24 Å². The molecule has 1 heterocycles. The van der Waals surface area contributed by atoms with Crippen molar-refractivity contribution in [1.82, 2.24) is 0 Å². The highest BCUT2D eigenvalue weighted by Gasteiger charge is 2.13. The van der Waals surface area contributed by atoms with Crippen molar-refractivity contribution in [2.24, 2.45) is 0 Å². The van der Waals surface area contributed by atoms with Gasteiger partial charge in [0.1, 0.15) is 0 Å². The summed E-state index contributed by atoms with van der Waals surface area (Å²) in [4.78, 5) is 0. The number of nitrogens with zero attached hydrogens (tertiary/aromatic N) is 1. The molecule has 0 amide bonds.